The van der Waals surface area contributed by atoms with Gasteiger partial charge in [0.2, 0.25) is 5.91 Å². The lowest BCUT2D eigenvalue weighted by Crippen LogP contribution is -2.52. The van der Waals surface area contributed by atoms with Crippen molar-refractivity contribution in [3.05, 3.63) is 35.9 Å². The Morgan fingerprint density at radius 1 is 0.913 bits per heavy atom. The van der Waals surface area contributed by atoms with E-state index in [0.717, 1.165) is 0 Å². The Kier molecular flexibility index (Phi) is 6.53. The van der Waals surface area contributed by atoms with Crippen molar-refractivity contribution in [2.75, 3.05) is 0 Å². The molecule has 5 N–H and O–H groups in total. The number of nitrogens with one attached hydrogen (secondary N) is 2. The number of amides is 2. The largest absolute Gasteiger partial charge is 0.481 e. The van der Waals surface area contributed by atoms with E-state index in [4.69, 9.17) is 15.3 Å². The number of aliphatic carboxylic acids is 2. The molecule has 9 nitrogen and oxygen atoms in total. The average Bonchev–Trinajstić information content (AvgIpc) is 2.45. The summed E-state index contributed by atoms with van der Waals surface area (Å²) in [5.74, 6) is -3.72. The Morgan fingerprint density at radius 2 is 1.52 bits per heavy atom. The van der Waals surface area contributed by atoms with Crippen LogP contribution in [0.2, 0.25) is 0 Å². The lowest BCUT2D eigenvalue weighted by molar-refractivity contribution is -0.142. The van der Waals surface area contributed by atoms with Gasteiger partial charge in [-0.05, 0) is 5.56 Å². The summed E-state index contributed by atoms with van der Waals surface area (Å²) in [7, 11) is 0. The molecule has 0 bridgehead atoms. The maximum absolute atomic E-state index is 12.0. The molecule has 0 aliphatic heterocycles. The first-order chi connectivity index (χ1) is 10.8. The van der Waals surface area contributed by atoms with Crippen LogP contribution in [-0.4, -0.2) is 51.3 Å². The normalized spacial score (nSPS) is 12.7. The smallest absolute Gasteiger partial charge is 0.405 e. The lowest BCUT2D eigenvalue weighted by Gasteiger charge is -2.19. The highest BCUT2D eigenvalue weighted by Gasteiger charge is 2.28. The summed E-state index contributed by atoms with van der Waals surface area (Å²) in [4.78, 5) is 44.5. The molecule has 0 unspecified atom stereocenters. The van der Waals surface area contributed by atoms with Crippen LogP contribution in [0.1, 0.15) is 12.0 Å². The van der Waals surface area contributed by atoms with Crippen molar-refractivity contribution in [3.8, 4) is 0 Å². The zero-order chi connectivity index (χ0) is 17.4. The molecule has 2 atom stereocenters. The maximum Gasteiger partial charge on any atom is 0.405 e. The second-order valence-electron chi connectivity index (χ2n) is 4.69. The van der Waals surface area contributed by atoms with E-state index in [1.807, 2.05) is 0 Å². The van der Waals surface area contributed by atoms with E-state index in [0.29, 0.717) is 5.56 Å². The molecule has 1 rings (SSSR count). The van der Waals surface area contributed by atoms with E-state index < -0.39 is 42.4 Å². The topological polar surface area (TPSA) is 153 Å². The van der Waals surface area contributed by atoms with Crippen LogP contribution >= 0.6 is 0 Å². The molecule has 0 aliphatic carbocycles. The summed E-state index contributed by atoms with van der Waals surface area (Å²) in [6.07, 6.45) is -2.40. The van der Waals surface area contributed by atoms with E-state index in [2.05, 4.69) is 5.32 Å². The van der Waals surface area contributed by atoms with Crippen LogP contribution in [-0.2, 0) is 20.8 Å². The first kappa shape index (κ1) is 18.0. The van der Waals surface area contributed by atoms with Gasteiger partial charge in [0.1, 0.15) is 12.1 Å². The Balaban J connectivity index is 2.80. The number of hydrogen-bond acceptors (Lipinski definition) is 4. The molecule has 124 valence electrons. The number of benzene rings is 1. The molecule has 0 heterocycles. The molecule has 23 heavy (non-hydrogen) atoms. The van der Waals surface area contributed by atoms with Crippen LogP contribution in [0.5, 0.6) is 0 Å². The van der Waals surface area contributed by atoms with Crippen molar-refractivity contribution in [3.63, 3.8) is 0 Å². The number of hydrogen-bond donors (Lipinski definition) is 5. The fourth-order valence-electron chi connectivity index (χ4n) is 1.86. The molecule has 1 aromatic rings. The van der Waals surface area contributed by atoms with Crippen molar-refractivity contribution >= 4 is 23.9 Å². The summed E-state index contributed by atoms with van der Waals surface area (Å²) in [5.41, 5.74) is 0.654. The van der Waals surface area contributed by atoms with Gasteiger partial charge in [-0.3, -0.25) is 9.59 Å². The van der Waals surface area contributed by atoms with Gasteiger partial charge in [-0.25, -0.2) is 9.59 Å². The molecular weight excluding hydrogens is 308 g/mol. The maximum atomic E-state index is 12.0. The highest BCUT2D eigenvalue weighted by molar-refractivity contribution is 5.91. The van der Waals surface area contributed by atoms with Crippen molar-refractivity contribution in [2.24, 2.45) is 0 Å². The van der Waals surface area contributed by atoms with Gasteiger partial charge in [0.15, 0.2) is 0 Å². The minimum atomic E-state index is -1.58. The summed E-state index contributed by atoms with van der Waals surface area (Å²) in [6, 6.07) is 5.61. The van der Waals surface area contributed by atoms with Gasteiger partial charge in [-0.2, -0.15) is 0 Å². The summed E-state index contributed by atoms with van der Waals surface area (Å²) < 4.78 is 0. The third-order valence-electron chi connectivity index (χ3n) is 2.89. The van der Waals surface area contributed by atoms with Gasteiger partial charge in [0.05, 0.1) is 6.42 Å². The minimum absolute atomic E-state index is 0.0191. The number of carbonyl (C=O) groups excluding carboxylic acids is 1. The standard InChI is InChI=1S/C14H16N2O7/c17-11(18)7-9(16-14(22)23)12(19)15-10(13(20)21)6-8-4-2-1-3-5-8/h1-5,9-10,16H,6-7H2,(H,15,19)(H,17,18)(H,20,21)(H,22,23)/t9-,10-/m0/s1. The van der Waals surface area contributed by atoms with Crippen LogP contribution in [0.15, 0.2) is 30.3 Å². The van der Waals surface area contributed by atoms with E-state index in [1.54, 1.807) is 35.6 Å². The Labute approximate surface area is 130 Å². The fraction of sp³-hybridized carbons (Fsp3) is 0.286. The predicted molar refractivity (Wildman–Crippen MR) is 76.9 cm³/mol. The highest BCUT2D eigenvalue weighted by atomic mass is 16.4. The SMILES string of the molecule is O=C(O)C[C@H](NC(=O)O)C(=O)N[C@@H](Cc1ccccc1)C(=O)O. The van der Waals surface area contributed by atoms with E-state index in [1.165, 1.54) is 0 Å². The third kappa shape index (κ3) is 6.46. The zero-order valence-corrected chi connectivity index (χ0v) is 11.9. The molecule has 0 fully saturated rings. The van der Waals surface area contributed by atoms with Gasteiger partial charge >= 0.3 is 18.0 Å². The average molecular weight is 324 g/mol. The van der Waals surface area contributed by atoms with Crippen LogP contribution in [0, 0.1) is 0 Å². The molecule has 9 heteroatoms. The second kappa shape index (κ2) is 8.37. The van der Waals surface area contributed by atoms with Gasteiger partial charge in [-0.15, -0.1) is 0 Å². The first-order valence-corrected chi connectivity index (χ1v) is 6.58. The second-order valence-corrected chi connectivity index (χ2v) is 4.69. The molecule has 0 saturated heterocycles. The molecule has 0 aliphatic rings. The molecular formula is C14H16N2O7. The van der Waals surface area contributed by atoms with Crippen LogP contribution in [0.4, 0.5) is 4.79 Å². The van der Waals surface area contributed by atoms with Gasteiger partial charge in [0, 0.05) is 6.42 Å². The van der Waals surface area contributed by atoms with Crippen molar-refractivity contribution in [1.82, 2.24) is 10.6 Å². The Morgan fingerprint density at radius 3 is 2.00 bits per heavy atom. The van der Waals surface area contributed by atoms with E-state index in [9.17, 15) is 19.2 Å². The molecule has 0 spiro atoms. The van der Waals surface area contributed by atoms with Crippen molar-refractivity contribution in [2.45, 2.75) is 24.9 Å². The Hall–Kier alpha value is -3.10. The summed E-state index contributed by atoms with van der Waals surface area (Å²) >= 11 is 0. The zero-order valence-electron chi connectivity index (χ0n) is 11.9. The lowest BCUT2D eigenvalue weighted by atomic mass is 10.1. The monoisotopic (exact) mass is 324 g/mol. The Bertz CT molecular complexity index is 572. The quantitative estimate of drug-likeness (QED) is 0.448. The van der Waals surface area contributed by atoms with Crippen LogP contribution in [0.25, 0.3) is 0 Å². The highest BCUT2D eigenvalue weighted by Crippen LogP contribution is 2.04. The number of rotatable bonds is 8. The van der Waals surface area contributed by atoms with Gasteiger partial charge in [-0.1, -0.05) is 30.3 Å². The van der Waals surface area contributed by atoms with E-state index in [-0.39, 0.29) is 6.42 Å². The molecule has 1 aromatic carbocycles. The number of carboxylic acid groups (broad SMARTS) is 3. The van der Waals surface area contributed by atoms with E-state index >= 15 is 0 Å². The molecule has 0 saturated carbocycles. The predicted octanol–water partition coefficient (Wildman–Crippen LogP) is -0.0906. The van der Waals surface area contributed by atoms with Gasteiger partial charge in [0.25, 0.3) is 0 Å². The van der Waals surface area contributed by atoms with Crippen molar-refractivity contribution < 1.29 is 34.5 Å². The summed E-state index contributed by atoms with van der Waals surface area (Å²) in [6.45, 7) is 0. The van der Waals surface area contributed by atoms with Crippen molar-refractivity contribution in [1.29, 1.82) is 0 Å². The first-order valence-electron chi connectivity index (χ1n) is 6.58. The van der Waals surface area contributed by atoms with Gasteiger partial charge < -0.3 is 26.0 Å². The van der Waals surface area contributed by atoms with Crippen LogP contribution in [0.3, 0.4) is 0 Å². The third-order valence-corrected chi connectivity index (χ3v) is 2.89. The molecule has 2 amide bonds. The summed E-state index contributed by atoms with van der Waals surface area (Å²) in [5, 5.41) is 30.4. The number of carbonyl (C=O) groups is 4. The number of carboxylic acids is 2. The molecule has 0 radical (unpaired) electrons. The fourth-order valence-corrected chi connectivity index (χ4v) is 1.86. The van der Waals surface area contributed by atoms with Crippen LogP contribution < -0.4 is 10.6 Å². The minimum Gasteiger partial charge on any atom is -0.481 e. The molecule has 0 aromatic heterocycles.